The zero-order valence-electron chi connectivity index (χ0n) is 8.28. The standard InChI is InChI=1S/C11H11NO3/c1-8(14)12-10-5-2-6-11(15)9(10)4-3-7-13/h2-3,5-6,15H,4H2,1H3,(H,12,14). The molecule has 2 N–H and O–H groups in total. The molecule has 1 amide bonds. The van der Waals surface area contributed by atoms with E-state index in [1.165, 1.54) is 19.1 Å². The Kier molecular flexibility index (Phi) is 3.66. The van der Waals surface area contributed by atoms with Gasteiger partial charge in [0.25, 0.3) is 0 Å². The molecule has 1 aromatic carbocycles. The quantitative estimate of drug-likeness (QED) is 0.730. The van der Waals surface area contributed by atoms with Crippen molar-refractivity contribution in [1.82, 2.24) is 0 Å². The monoisotopic (exact) mass is 205 g/mol. The number of nitrogens with one attached hydrogen (secondary N) is 1. The molecular weight excluding hydrogens is 194 g/mol. The summed E-state index contributed by atoms with van der Waals surface area (Å²) in [6, 6.07) is 4.78. The lowest BCUT2D eigenvalue weighted by atomic mass is 10.1. The maximum absolute atomic E-state index is 10.9. The number of benzene rings is 1. The van der Waals surface area contributed by atoms with Gasteiger partial charge in [0, 0.05) is 30.7 Å². The first-order valence-corrected chi connectivity index (χ1v) is 4.43. The molecule has 0 aliphatic heterocycles. The van der Waals surface area contributed by atoms with Gasteiger partial charge in [-0.3, -0.25) is 4.79 Å². The van der Waals surface area contributed by atoms with Gasteiger partial charge in [-0.25, -0.2) is 4.79 Å². The zero-order valence-corrected chi connectivity index (χ0v) is 8.28. The maximum atomic E-state index is 10.9. The summed E-state index contributed by atoms with van der Waals surface area (Å²) in [5.74, 6) is 1.45. The number of aromatic hydroxyl groups is 1. The van der Waals surface area contributed by atoms with Gasteiger partial charge in [0.2, 0.25) is 5.91 Å². The summed E-state index contributed by atoms with van der Waals surface area (Å²) in [5.41, 5.74) is 1.02. The summed E-state index contributed by atoms with van der Waals surface area (Å²) < 4.78 is 0. The molecule has 0 unspecified atom stereocenters. The van der Waals surface area contributed by atoms with Crippen molar-refractivity contribution in [3.8, 4) is 5.75 Å². The van der Waals surface area contributed by atoms with Crippen LogP contribution in [-0.4, -0.2) is 17.0 Å². The molecule has 0 aliphatic rings. The second-order valence-electron chi connectivity index (χ2n) is 3.01. The van der Waals surface area contributed by atoms with Crippen LogP contribution in [-0.2, 0) is 16.0 Å². The van der Waals surface area contributed by atoms with Crippen LogP contribution in [0.25, 0.3) is 0 Å². The second-order valence-corrected chi connectivity index (χ2v) is 3.01. The Labute approximate surface area is 87.2 Å². The van der Waals surface area contributed by atoms with Crippen molar-refractivity contribution in [1.29, 1.82) is 0 Å². The molecule has 1 rings (SSSR count). The SMILES string of the molecule is CC(=O)Nc1cccc(O)c1CC=C=O. The van der Waals surface area contributed by atoms with Crippen LogP contribution >= 0.6 is 0 Å². The number of phenols is 1. The van der Waals surface area contributed by atoms with E-state index in [0.717, 1.165) is 0 Å². The van der Waals surface area contributed by atoms with Gasteiger partial charge in [0.05, 0.1) is 0 Å². The Morgan fingerprint density at radius 2 is 2.33 bits per heavy atom. The molecule has 1 aromatic rings. The van der Waals surface area contributed by atoms with Crippen LogP contribution in [0.4, 0.5) is 5.69 Å². The van der Waals surface area contributed by atoms with Gasteiger partial charge in [0.1, 0.15) is 11.7 Å². The largest absolute Gasteiger partial charge is 0.508 e. The normalized spacial score (nSPS) is 9.13. The molecule has 0 aliphatic carbocycles. The summed E-state index contributed by atoms with van der Waals surface area (Å²) in [4.78, 5) is 20.9. The number of allylic oxidation sites excluding steroid dienone is 1. The lowest BCUT2D eigenvalue weighted by Crippen LogP contribution is -2.07. The molecule has 0 radical (unpaired) electrons. The van der Waals surface area contributed by atoms with Gasteiger partial charge in [-0.2, -0.15) is 0 Å². The van der Waals surface area contributed by atoms with Gasteiger partial charge < -0.3 is 10.4 Å². The number of phenolic OH excluding ortho intramolecular Hbond substituents is 1. The molecule has 4 heteroatoms. The first kappa shape index (κ1) is 11.0. The van der Waals surface area contributed by atoms with E-state index in [9.17, 15) is 14.7 Å². The van der Waals surface area contributed by atoms with E-state index in [1.807, 2.05) is 0 Å². The van der Waals surface area contributed by atoms with Gasteiger partial charge in [-0.05, 0) is 12.1 Å². The van der Waals surface area contributed by atoms with Crippen molar-refractivity contribution >= 4 is 17.5 Å². The van der Waals surface area contributed by atoms with Gasteiger partial charge in [-0.1, -0.05) is 6.07 Å². The Morgan fingerprint density at radius 1 is 1.60 bits per heavy atom. The van der Waals surface area contributed by atoms with Crippen molar-refractivity contribution in [3.05, 3.63) is 29.8 Å². The topological polar surface area (TPSA) is 66.4 Å². The first-order valence-electron chi connectivity index (χ1n) is 4.43. The van der Waals surface area contributed by atoms with E-state index in [0.29, 0.717) is 11.3 Å². The summed E-state index contributed by atoms with van der Waals surface area (Å²) >= 11 is 0. The molecule has 4 nitrogen and oxygen atoms in total. The Bertz CT molecular complexity index is 420. The number of hydrogen-bond acceptors (Lipinski definition) is 3. The highest BCUT2D eigenvalue weighted by Gasteiger charge is 2.07. The average Bonchev–Trinajstić information content (AvgIpc) is 2.16. The van der Waals surface area contributed by atoms with Crippen LogP contribution in [0.2, 0.25) is 0 Å². The summed E-state index contributed by atoms with van der Waals surface area (Å²) in [7, 11) is 0. The third kappa shape index (κ3) is 2.97. The van der Waals surface area contributed by atoms with Crippen LogP contribution in [0.1, 0.15) is 12.5 Å². The Morgan fingerprint density at radius 3 is 2.93 bits per heavy atom. The third-order valence-electron chi connectivity index (χ3n) is 1.85. The minimum atomic E-state index is -0.225. The van der Waals surface area contributed by atoms with Crippen LogP contribution in [0.3, 0.4) is 0 Å². The predicted molar refractivity (Wildman–Crippen MR) is 56.4 cm³/mol. The lowest BCUT2D eigenvalue weighted by molar-refractivity contribution is -0.114. The molecule has 0 saturated carbocycles. The van der Waals surface area contributed by atoms with Crippen molar-refractivity contribution in [2.75, 3.05) is 5.32 Å². The number of carbonyl (C=O) groups excluding carboxylic acids is 2. The van der Waals surface area contributed by atoms with E-state index in [1.54, 1.807) is 18.1 Å². The van der Waals surface area contributed by atoms with Crippen molar-refractivity contribution < 1.29 is 14.7 Å². The number of amides is 1. The number of anilines is 1. The molecule has 0 bridgehead atoms. The van der Waals surface area contributed by atoms with Crippen molar-refractivity contribution in [2.24, 2.45) is 0 Å². The van der Waals surface area contributed by atoms with E-state index in [2.05, 4.69) is 5.32 Å². The highest BCUT2D eigenvalue weighted by Crippen LogP contribution is 2.25. The molecule has 15 heavy (non-hydrogen) atoms. The van der Waals surface area contributed by atoms with Gasteiger partial charge in [-0.15, -0.1) is 0 Å². The molecule has 78 valence electrons. The Balaban J connectivity index is 3.07. The van der Waals surface area contributed by atoms with Crippen LogP contribution in [0.5, 0.6) is 5.75 Å². The van der Waals surface area contributed by atoms with Gasteiger partial charge in [0.15, 0.2) is 0 Å². The smallest absolute Gasteiger partial charge is 0.221 e. The number of hydrogen-bond donors (Lipinski definition) is 2. The predicted octanol–water partition coefficient (Wildman–Crippen LogP) is 1.28. The second kappa shape index (κ2) is 4.98. The molecular formula is C11H11NO3. The molecule has 0 spiro atoms. The Hall–Kier alpha value is -2.06. The van der Waals surface area contributed by atoms with Crippen LogP contribution in [0.15, 0.2) is 24.3 Å². The van der Waals surface area contributed by atoms with E-state index >= 15 is 0 Å². The minimum absolute atomic E-state index is 0.0488. The van der Waals surface area contributed by atoms with E-state index < -0.39 is 0 Å². The third-order valence-corrected chi connectivity index (χ3v) is 1.85. The minimum Gasteiger partial charge on any atom is -0.508 e. The molecule has 0 fully saturated rings. The molecule has 0 heterocycles. The molecule has 0 atom stereocenters. The molecule has 0 aromatic heterocycles. The van der Waals surface area contributed by atoms with Crippen LogP contribution in [0, 0.1) is 0 Å². The lowest BCUT2D eigenvalue weighted by Gasteiger charge is -2.09. The molecule has 0 saturated heterocycles. The van der Waals surface area contributed by atoms with Crippen molar-refractivity contribution in [2.45, 2.75) is 13.3 Å². The van der Waals surface area contributed by atoms with E-state index in [4.69, 9.17) is 0 Å². The highest BCUT2D eigenvalue weighted by molar-refractivity contribution is 5.90. The summed E-state index contributed by atoms with van der Waals surface area (Å²) in [5, 5.41) is 12.1. The van der Waals surface area contributed by atoms with Gasteiger partial charge >= 0.3 is 0 Å². The van der Waals surface area contributed by atoms with E-state index in [-0.39, 0.29) is 18.1 Å². The summed E-state index contributed by atoms with van der Waals surface area (Å²) in [6.07, 6.45) is 1.49. The fourth-order valence-electron chi connectivity index (χ4n) is 1.24. The maximum Gasteiger partial charge on any atom is 0.221 e. The van der Waals surface area contributed by atoms with Crippen LogP contribution < -0.4 is 5.32 Å². The summed E-state index contributed by atoms with van der Waals surface area (Å²) in [6.45, 7) is 1.38. The first-order chi connectivity index (χ1) is 7.15. The highest BCUT2D eigenvalue weighted by atomic mass is 16.3. The number of rotatable bonds is 3. The fourth-order valence-corrected chi connectivity index (χ4v) is 1.24. The fraction of sp³-hybridized carbons (Fsp3) is 0.182. The zero-order chi connectivity index (χ0) is 11.3. The number of carbonyl (C=O) groups is 1. The van der Waals surface area contributed by atoms with Crippen molar-refractivity contribution in [3.63, 3.8) is 0 Å². The average molecular weight is 205 g/mol.